The molecule has 0 aliphatic rings. The zero-order valence-corrected chi connectivity index (χ0v) is 13.2. The van der Waals surface area contributed by atoms with Crippen LogP contribution in [0.4, 0.5) is 0 Å². The highest BCUT2D eigenvalue weighted by atomic mass is 17.2. The molecule has 2 aromatic rings. The number of rotatable bonds is 7. The molecular weight excluding hydrogens is 280 g/mol. The first-order chi connectivity index (χ1) is 10.5. The molecule has 118 valence electrons. The third kappa shape index (κ3) is 3.93. The number of hydrogen-bond acceptors (Lipinski definition) is 4. The van der Waals surface area contributed by atoms with Gasteiger partial charge in [0.1, 0.15) is 12.2 Å². The summed E-state index contributed by atoms with van der Waals surface area (Å²) in [5, 5.41) is 8.87. The maximum atomic E-state index is 8.87. The standard InChI is InChI=1S/C18H22O4/c1-17(2,15-10-6-4-7-11-15)21-22-18(3,14-20-19)16-12-8-5-9-13-16/h4-13,19H,14H2,1-3H3. The smallest absolute Gasteiger partial charge is 0.152 e. The van der Waals surface area contributed by atoms with Crippen LogP contribution in [0.5, 0.6) is 0 Å². The summed E-state index contributed by atoms with van der Waals surface area (Å²) < 4.78 is 0. The third-order valence-corrected chi connectivity index (χ3v) is 3.63. The first kappa shape index (κ1) is 16.6. The highest BCUT2D eigenvalue weighted by Crippen LogP contribution is 2.31. The second kappa shape index (κ2) is 7.03. The van der Waals surface area contributed by atoms with Gasteiger partial charge >= 0.3 is 0 Å². The average molecular weight is 302 g/mol. The van der Waals surface area contributed by atoms with Crippen molar-refractivity contribution in [2.45, 2.75) is 32.0 Å². The number of benzene rings is 2. The molecule has 1 atom stereocenters. The first-order valence-electron chi connectivity index (χ1n) is 7.22. The monoisotopic (exact) mass is 302 g/mol. The van der Waals surface area contributed by atoms with Gasteiger partial charge in [0.05, 0.1) is 0 Å². The van der Waals surface area contributed by atoms with Gasteiger partial charge in [-0.05, 0) is 31.9 Å². The molecule has 0 aliphatic carbocycles. The molecule has 1 unspecified atom stereocenters. The van der Waals surface area contributed by atoms with E-state index in [9.17, 15) is 0 Å². The van der Waals surface area contributed by atoms with Gasteiger partial charge in [-0.25, -0.2) is 14.7 Å². The SMILES string of the molecule is CC(C)(OOC(C)(COO)c1ccccc1)c1ccccc1. The van der Waals surface area contributed by atoms with E-state index in [0.29, 0.717) is 0 Å². The highest BCUT2D eigenvalue weighted by molar-refractivity contribution is 5.22. The van der Waals surface area contributed by atoms with E-state index in [2.05, 4.69) is 4.89 Å². The first-order valence-corrected chi connectivity index (χ1v) is 7.22. The molecule has 0 saturated heterocycles. The zero-order valence-electron chi connectivity index (χ0n) is 13.2. The Hall–Kier alpha value is -1.72. The van der Waals surface area contributed by atoms with E-state index in [-0.39, 0.29) is 6.61 Å². The zero-order chi connectivity index (χ0) is 16.1. The Morgan fingerprint density at radius 3 is 1.77 bits per heavy atom. The van der Waals surface area contributed by atoms with Crippen LogP contribution in [0.15, 0.2) is 60.7 Å². The van der Waals surface area contributed by atoms with E-state index >= 15 is 0 Å². The van der Waals surface area contributed by atoms with Crippen LogP contribution in [-0.2, 0) is 25.9 Å². The fourth-order valence-corrected chi connectivity index (χ4v) is 2.15. The van der Waals surface area contributed by atoms with Crippen LogP contribution in [0.2, 0.25) is 0 Å². The van der Waals surface area contributed by atoms with E-state index in [4.69, 9.17) is 15.0 Å². The second-order valence-corrected chi connectivity index (χ2v) is 5.91. The molecule has 0 amide bonds. The Morgan fingerprint density at radius 1 is 0.773 bits per heavy atom. The minimum Gasteiger partial charge on any atom is -0.252 e. The summed E-state index contributed by atoms with van der Waals surface area (Å²) in [5.74, 6) is 0. The summed E-state index contributed by atoms with van der Waals surface area (Å²) in [6, 6.07) is 19.3. The van der Waals surface area contributed by atoms with Gasteiger partial charge in [0.15, 0.2) is 5.60 Å². The normalized spacial score (nSPS) is 14.5. The molecule has 0 heterocycles. The van der Waals surface area contributed by atoms with Crippen molar-refractivity contribution in [3.8, 4) is 0 Å². The maximum Gasteiger partial charge on any atom is 0.152 e. The van der Waals surface area contributed by atoms with Gasteiger partial charge in [-0.15, -0.1) is 0 Å². The molecule has 0 fully saturated rings. The molecular formula is C18H22O4. The second-order valence-electron chi connectivity index (χ2n) is 5.91. The largest absolute Gasteiger partial charge is 0.252 e. The van der Waals surface area contributed by atoms with Gasteiger partial charge in [0.25, 0.3) is 0 Å². The molecule has 0 radical (unpaired) electrons. The van der Waals surface area contributed by atoms with Crippen molar-refractivity contribution in [1.82, 2.24) is 0 Å². The van der Waals surface area contributed by atoms with Gasteiger partial charge in [-0.1, -0.05) is 60.7 Å². The molecule has 4 heteroatoms. The van der Waals surface area contributed by atoms with Gasteiger partial charge in [-0.2, -0.15) is 0 Å². The van der Waals surface area contributed by atoms with E-state index < -0.39 is 11.2 Å². The van der Waals surface area contributed by atoms with Crippen molar-refractivity contribution < 1.29 is 19.9 Å². The van der Waals surface area contributed by atoms with Crippen LogP contribution in [-0.4, -0.2) is 11.9 Å². The van der Waals surface area contributed by atoms with E-state index in [1.165, 1.54) is 0 Å². The lowest BCUT2D eigenvalue weighted by Gasteiger charge is -2.32. The van der Waals surface area contributed by atoms with Crippen molar-refractivity contribution in [3.63, 3.8) is 0 Å². The Bertz CT molecular complexity index is 568. The topological polar surface area (TPSA) is 47.9 Å². The molecule has 4 nitrogen and oxygen atoms in total. The van der Waals surface area contributed by atoms with Crippen LogP contribution in [0.1, 0.15) is 31.9 Å². The van der Waals surface area contributed by atoms with Gasteiger partial charge < -0.3 is 0 Å². The Kier molecular flexibility index (Phi) is 5.32. The minimum absolute atomic E-state index is 0.0398. The molecule has 1 N–H and O–H groups in total. The van der Waals surface area contributed by atoms with Gasteiger partial charge in [0, 0.05) is 0 Å². The van der Waals surface area contributed by atoms with Crippen LogP contribution >= 0.6 is 0 Å². The van der Waals surface area contributed by atoms with E-state index in [0.717, 1.165) is 11.1 Å². The molecule has 2 aromatic carbocycles. The maximum absolute atomic E-state index is 8.87. The fourth-order valence-electron chi connectivity index (χ4n) is 2.15. The summed E-state index contributed by atoms with van der Waals surface area (Å²) in [6.07, 6.45) is 0. The van der Waals surface area contributed by atoms with Crippen molar-refractivity contribution in [3.05, 3.63) is 71.8 Å². The lowest BCUT2D eigenvalue weighted by atomic mass is 9.97. The summed E-state index contributed by atoms with van der Waals surface area (Å²) in [6.45, 7) is 5.61. The summed E-state index contributed by atoms with van der Waals surface area (Å²) in [7, 11) is 0. The molecule has 22 heavy (non-hydrogen) atoms. The van der Waals surface area contributed by atoms with Crippen molar-refractivity contribution in [2.24, 2.45) is 0 Å². The van der Waals surface area contributed by atoms with E-state index in [1.54, 1.807) is 6.92 Å². The lowest BCUT2D eigenvalue weighted by Crippen LogP contribution is -2.35. The third-order valence-electron chi connectivity index (χ3n) is 3.63. The average Bonchev–Trinajstić information content (AvgIpc) is 2.55. The number of hydrogen-bond donors (Lipinski definition) is 1. The molecule has 0 spiro atoms. The van der Waals surface area contributed by atoms with Crippen molar-refractivity contribution >= 4 is 0 Å². The highest BCUT2D eigenvalue weighted by Gasteiger charge is 2.34. The molecule has 0 bridgehead atoms. The predicted octanol–water partition coefficient (Wildman–Crippen LogP) is 4.27. The Labute approximate surface area is 131 Å². The molecule has 0 saturated carbocycles. The van der Waals surface area contributed by atoms with Crippen LogP contribution in [0.3, 0.4) is 0 Å². The molecule has 0 aliphatic heterocycles. The molecule has 0 aromatic heterocycles. The lowest BCUT2D eigenvalue weighted by molar-refractivity contribution is -0.432. The minimum atomic E-state index is -0.915. The van der Waals surface area contributed by atoms with Crippen LogP contribution in [0, 0.1) is 0 Å². The predicted molar refractivity (Wildman–Crippen MR) is 84.0 cm³/mol. The summed E-state index contributed by atoms with van der Waals surface area (Å²) >= 11 is 0. The van der Waals surface area contributed by atoms with Gasteiger partial charge in [0.2, 0.25) is 0 Å². The van der Waals surface area contributed by atoms with Crippen LogP contribution < -0.4 is 0 Å². The van der Waals surface area contributed by atoms with E-state index in [1.807, 2.05) is 74.5 Å². The fraction of sp³-hybridized carbons (Fsp3) is 0.333. The Morgan fingerprint density at radius 2 is 1.27 bits per heavy atom. The van der Waals surface area contributed by atoms with Crippen molar-refractivity contribution in [1.29, 1.82) is 0 Å². The van der Waals surface area contributed by atoms with Crippen molar-refractivity contribution in [2.75, 3.05) is 6.61 Å². The summed E-state index contributed by atoms with van der Waals surface area (Å²) in [4.78, 5) is 15.7. The Balaban J connectivity index is 2.15. The summed E-state index contributed by atoms with van der Waals surface area (Å²) in [5.41, 5.74) is 0.303. The van der Waals surface area contributed by atoms with Gasteiger partial charge in [-0.3, -0.25) is 5.26 Å². The quantitative estimate of drug-likeness (QED) is 0.613. The molecule has 2 rings (SSSR count). The van der Waals surface area contributed by atoms with Crippen LogP contribution in [0.25, 0.3) is 0 Å².